The first kappa shape index (κ1) is 27.6. The molecule has 0 aliphatic rings. The van der Waals surface area contributed by atoms with Crippen LogP contribution < -0.4 is 25.5 Å². The highest BCUT2D eigenvalue weighted by Gasteiger charge is 2.13. The molecule has 3 amide bonds. The molecule has 40 heavy (non-hydrogen) atoms. The van der Waals surface area contributed by atoms with Crippen LogP contribution in [0.25, 0.3) is 0 Å². The highest BCUT2D eigenvalue weighted by molar-refractivity contribution is 6.39. The van der Waals surface area contributed by atoms with E-state index in [-0.39, 0.29) is 18.6 Å². The maximum atomic E-state index is 12.2. The molecular weight excluding hydrogens is 508 g/mol. The van der Waals surface area contributed by atoms with Gasteiger partial charge in [-0.2, -0.15) is 5.10 Å². The molecule has 0 bridgehead atoms. The molecule has 4 rings (SSSR count). The van der Waals surface area contributed by atoms with Crippen molar-refractivity contribution in [1.29, 1.82) is 0 Å². The predicted octanol–water partition coefficient (Wildman–Crippen LogP) is 4.82. The molecule has 0 fully saturated rings. The number of hydrazone groups is 1. The second kappa shape index (κ2) is 13.9. The average molecular weight is 537 g/mol. The number of ether oxygens (including phenoxy) is 2. The molecule has 4 aromatic carbocycles. The van der Waals surface area contributed by atoms with Crippen LogP contribution in [0.4, 0.5) is 5.69 Å². The smallest absolute Gasteiger partial charge is 0.329 e. The number of benzene rings is 4. The quantitative estimate of drug-likeness (QED) is 0.153. The lowest BCUT2D eigenvalue weighted by molar-refractivity contribution is -0.136. The summed E-state index contributed by atoms with van der Waals surface area (Å²) in [5, 5.41) is 9.21. The molecule has 0 spiro atoms. The number of amides is 3. The van der Waals surface area contributed by atoms with Crippen LogP contribution in [0.5, 0.6) is 17.2 Å². The van der Waals surface area contributed by atoms with Gasteiger partial charge in [0.05, 0.1) is 12.3 Å². The van der Waals surface area contributed by atoms with Crippen molar-refractivity contribution in [2.75, 3.05) is 11.9 Å². The van der Waals surface area contributed by atoms with Crippen LogP contribution in [0.2, 0.25) is 0 Å². The molecule has 9 heteroatoms. The summed E-state index contributed by atoms with van der Waals surface area (Å²) in [6, 6.07) is 32.2. The van der Waals surface area contributed by atoms with Crippen molar-refractivity contribution >= 4 is 29.6 Å². The van der Waals surface area contributed by atoms with Gasteiger partial charge in [-0.25, -0.2) is 5.43 Å². The van der Waals surface area contributed by atoms with E-state index in [1.165, 1.54) is 6.21 Å². The number of nitrogens with zero attached hydrogens (tertiary/aromatic N) is 1. The van der Waals surface area contributed by atoms with E-state index in [0.29, 0.717) is 28.5 Å². The van der Waals surface area contributed by atoms with Gasteiger partial charge in [-0.15, -0.1) is 0 Å². The number of anilines is 1. The van der Waals surface area contributed by atoms with Gasteiger partial charge in [-0.05, 0) is 78.7 Å². The molecule has 4 aromatic rings. The molecule has 0 radical (unpaired) electrons. The molecule has 0 aliphatic heterocycles. The second-order valence-electron chi connectivity index (χ2n) is 8.65. The summed E-state index contributed by atoms with van der Waals surface area (Å²) in [5.74, 6) is -0.234. The highest BCUT2D eigenvalue weighted by atomic mass is 16.5. The molecule has 0 unspecified atom stereocenters. The molecule has 0 heterocycles. The third-order valence-corrected chi connectivity index (χ3v) is 5.60. The normalized spacial score (nSPS) is 11.3. The molecule has 3 N–H and O–H groups in total. The number of para-hydroxylation sites is 1. The Morgan fingerprint density at radius 3 is 2.02 bits per heavy atom. The van der Waals surface area contributed by atoms with E-state index < -0.39 is 11.8 Å². The first-order valence-electron chi connectivity index (χ1n) is 12.5. The first-order chi connectivity index (χ1) is 19.5. The molecule has 0 saturated carbocycles. The Bertz CT molecular complexity index is 1440. The number of hydrogen-bond acceptors (Lipinski definition) is 6. The highest BCUT2D eigenvalue weighted by Crippen LogP contribution is 2.22. The van der Waals surface area contributed by atoms with Crippen LogP contribution in [0, 0.1) is 0 Å². The fourth-order valence-corrected chi connectivity index (χ4v) is 3.54. The number of carbonyl (C=O) groups excluding carboxylic acids is 3. The number of nitrogens with one attached hydrogen (secondary N) is 3. The lowest BCUT2D eigenvalue weighted by atomic mass is 10.1. The van der Waals surface area contributed by atoms with Gasteiger partial charge in [-0.1, -0.05) is 48.5 Å². The fraction of sp³-hybridized carbons (Fsp3) is 0.0968. The Morgan fingerprint density at radius 2 is 1.35 bits per heavy atom. The standard InChI is InChI=1S/C31H28N4O5/c1-22(24-8-4-2-5-9-24)33-29(36)21-39-26-16-12-23(13-17-26)20-32-35-31(38)30(37)34-25-14-18-28(19-15-25)40-27-10-6-3-7-11-27/h2-20,22H,21H2,1H3,(H,33,36)(H,34,37)(H,35,38)/b32-20-/t22-/m0/s1. The van der Waals surface area contributed by atoms with Crippen LogP contribution in [-0.4, -0.2) is 30.5 Å². The maximum Gasteiger partial charge on any atom is 0.329 e. The van der Waals surface area contributed by atoms with E-state index in [1.807, 2.05) is 67.6 Å². The summed E-state index contributed by atoms with van der Waals surface area (Å²) in [6.07, 6.45) is 1.39. The van der Waals surface area contributed by atoms with Crippen molar-refractivity contribution in [1.82, 2.24) is 10.7 Å². The van der Waals surface area contributed by atoms with E-state index in [2.05, 4.69) is 21.2 Å². The second-order valence-corrected chi connectivity index (χ2v) is 8.65. The topological polar surface area (TPSA) is 118 Å². The molecule has 0 saturated heterocycles. The summed E-state index contributed by atoms with van der Waals surface area (Å²) in [6.45, 7) is 1.78. The fourth-order valence-electron chi connectivity index (χ4n) is 3.54. The van der Waals surface area contributed by atoms with Crippen LogP contribution in [0.3, 0.4) is 0 Å². The largest absolute Gasteiger partial charge is 0.484 e. The monoisotopic (exact) mass is 536 g/mol. The van der Waals surface area contributed by atoms with Gasteiger partial charge in [0, 0.05) is 5.69 Å². The lowest BCUT2D eigenvalue weighted by Crippen LogP contribution is -2.32. The van der Waals surface area contributed by atoms with Crippen molar-refractivity contribution in [2.45, 2.75) is 13.0 Å². The summed E-state index contributed by atoms with van der Waals surface area (Å²) in [5.41, 5.74) is 4.29. The van der Waals surface area contributed by atoms with Crippen molar-refractivity contribution in [3.8, 4) is 17.2 Å². The van der Waals surface area contributed by atoms with Gasteiger partial charge in [0.2, 0.25) is 0 Å². The van der Waals surface area contributed by atoms with Crippen molar-refractivity contribution < 1.29 is 23.9 Å². The Morgan fingerprint density at radius 1 is 0.750 bits per heavy atom. The maximum absolute atomic E-state index is 12.2. The van der Waals surface area contributed by atoms with Gasteiger partial charge in [-0.3, -0.25) is 14.4 Å². The van der Waals surface area contributed by atoms with Crippen LogP contribution in [-0.2, 0) is 14.4 Å². The summed E-state index contributed by atoms with van der Waals surface area (Å²) < 4.78 is 11.2. The Balaban J connectivity index is 1.18. The predicted molar refractivity (Wildman–Crippen MR) is 152 cm³/mol. The van der Waals surface area contributed by atoms with Gasteiger partial charge in [0.1, 0.15) is 17.2 Å². The summed E-state index contributed by atoms with van der Waals surface area (Å²) in [7, 11) is 0. The van der Waals surface area contributed by atoms with E-state index in [1.54, 1.807) is 48.5 Å². The molecular formula is C31H28N4O5. The summed E-state index contributed by atoms with van der Waals surface area (Å²) >= 11 is 0. The van der Waals surface area contributed by atoms with Gasteiger partial charge < -0.3 is 20.1 Å². The third-order valence-electron chi connectivity index (χ3n) is 5.60. The van der Waals surface area contributed by atoms with Crippen LogP contribution in [0.1, 0.15) is 24.1 Å². The first-order valence-corrected chi connectivity index (χ1v) is 12.5. The number of hydrogen-bond donors (Lipinski definition) is 3. The minimum atomic E-state index is -0.920. The van der Waals surface area contributed by atoms with E-state index >= 15 is 0 Å². The number of rotatable bonds is 10. The van der Waals surface area contributed by atoms with E-state index in [9.17, 15) is 14.4 Å². The summed E-state index contributed by atoms with van der Waals surface area (Å²) in [4.78, 5) is 36.5. The van der Waals surface area contributed by atoms with Gasteiger partial charge >= 0.3 is 11.8 Å². The van der Waals surface area contributed by atoms with Crippen LogP contribution >= 0.6 is 0 Å². The molecule has 0 aromatic heterocycles. The van der Waals surface area contributed by atoms with E-state index in [0.717, 1.165) is 5.56 Å². The van der Waals surface area contributed by atoms with Crippen LogP contribution in [0.15, 0.2) is 114 Å². The van der Waals surface area contributed by atoms with Crippen molar-refractivity contribution in [3.05, 3.63) is 120 Å². The minimum Gasteiger partial charge on any atom is -0.484 e. The molecule has 0 aliphatic carbocycles. The Labute approximate surface area is 231 Å². The lowest BCUT2D eigenvalue weighted by Gasteiger charge is -2.14. The third kappa shape index (κ3) is 8.56. The zero-order valence-electron chi connectivity index (χ0n) is 21.7. The molecule has 202 valence electrons. The Kier molecular flexibility index (Phi) is 9.60. The van der Waals surface area contributed by atoms with Gasteiger partial charge in [0.25, 0.3) is 5.91 Å². The zero-order valence-corrected chi connectivity index (χ0v) is 21.7. The van der Waals surface area contributed by atoms with Gasteiger partial charge in [0.15, 0.2) is 6.61 Å². The minimum absolute atomic E-state index is 0.126. The van der Waals surface area contributed by atoms with Crippen molar-refractivity contribution in [3.63, 3.8) is 0 Å². The number of carbonyl (C=O) groups is 3. The molecule has 1 atom stereocenters. The Hall–Kier alpha value is -5.44. The average Bonchev–Trinajstić information content (AvgIpc) is 2.98. The zero-order chi connectivity index (χ0) is 28.2. The van der Waals surface area contributed by atoms with E-state index in [4.69, 9.17) is 9.47 Å². The van der Waals surface area contributed by atoms with Crippen molar-refractivity contribution in [2.24, 2.45) is 5.10 Å². The molecule has 9 nitrogen and oxygen atoms in total. The SMILES string of the molecule is C[C@H](NC(=O)COc1ccc(/C=N\NC(=O)C(=O)Nc2ccc(Oc3ccccc3)cc2)cc1)c1ccccc1.